The SMILES string of the molecule is NC(Cc1ccc(Cl)cc1Cl)C1CCC(C(F)(F)F)CC1. The molecule has 1 nitrogen and oxygen atoms in total. The highest BCUT2D eigenvalue weighted by atomic mass is 35.5. The minimum absolute atomic E-state index is 0.121. The fourth-order valence-corrected chi connectivity index (χ4v) is 3.47. The monoisotopic (exact) mass is 339 g/mol. The Kier molecular flexibility index (Phi) is 5.44. The van der Waals surface area contributed by atoms with Gasteiger partial charge in [0.2, 0.25) is 0 Å². The van der Waals surface area contributed by atoms with Crippen molar-refractivity contribution in [2.24, 2.45) is 17.6 Å². The average molecular weight is 340 g/mol. The predicted octanol–water partition coefficient (Wildman–Crippen LogP) is 5.23. The molecule has 1 saturated carbocycles. The van der Waals surface area contributed by atoms with Gasteiger partial charge in [-0.05, 0) is 55.7 Å². The molecule has 0 aromatic heterocycles. The second-order valence-electron chi connectivity index (χ2n) is 5.76. The van der Waals surface area contributed by atoms with E-state index in [4.69, 9.17) is 28.9 Å². The molecule has 0 saturated heterocycles. The van der Waals surface area contributed by atoms with Crippen LogP contribution in [-0.4, -0.2) is 12.2 Å². The Balaban J connectivity index is 1.92. The van der Waals surface area contributed by atoms with Crippen molar-refractivity contribution in [3.05, 3.63) is 33.8 Å². The van der Waals surface area contributed by atoms with E-state index >= 15 is 0 Å². The quantitative estimate of drug-likeness (QED) is 0.801. The van der Waals surface area contributed by atoms with Crippen molar-refractivity contribution >= 4 is 23.2 Å². The molecule has 0 spiro atoms. The average Bonchev–Trinajstić information content (AvgIpc) is 2.41. The molecule has 1 unspecified atom stereocenters. The van der Waals surface area contributed by atoms with Crippen molar-refractivity contribution < 1.29 is 13.2 Å². The Hall–Kier alpha value is -0.450. The first kappa shape index (κ1) is 16.9. The maximum absolute atomic E-state index is 12.6. The summed E-state index contributed by atoms with van der Waals surface area (Å²) in [6, 6.07) is 5.06. The fraction of sp³-hybridized carbons (Fsp3) is 0.600. The van der Waals surface area contributed by atoms with Crippen LogP contribution in [0.2, 0.25) is 10.0 Å². The lowest BCUT2D eigenvalue weighted by atomic mass is 9.77. The van der Waals surface area contributed by atoms with E-state index in [9.17, 15) is 13.2 Å². The second kappa shape index (κ2) is 6.76. The van der Waals surface area contributed by atoms with Crippen LogP contribution in [0.25, 0.3) is 0 Å². The first-order valence-electron chi connectivity index (χ1n) is 7.03. The van der Waals surface area contributed by atoms with Gasteiger partial charge in [-0.15, -0.1) is 0 Å². The van der Waals surface area contributed by atoms with E-state index in [-0.39, 0.29) is 24.8 Å². The zero-order valence-corrected chi connectivity index (χ0v) is 13.0. The van der Waals surface area contributed by atoms with Crippen LogP contribution in [0.3, 0.4) is 0 Å². The van der Waals surface area contributed by atoms with Crippen molar-refractivity contribution in [1.82, 2.24) is 0 Å². The van der Waals surface area contributed by atoms with E-state index in [1.165, 1.54) is 0 Å². The molecule has 6 heteroatoms. The number of nitrogens with two attached hydrogens (primary N) is 1. The zero-order valence-electron chi connectivity index (χ0n) is 11.5. The van der Waals surface area contributed by atoms with E-state index in [1.54, 1.807) is 12.1 Å². The molecule has 1 aromatic carbocycles. The van der Waals surface area contributed by atoms with Gasteiger partial charge in [-0.25, -0.2) is 0 Å². The van der Waals surface area contributed by atoms with Gasteiger partial charge in [0, 0.05) is 16.1 Å². The van der Waals surface area contributed by atoms with Gasteiger partial charge in [0.15, 0.2) is 0 Å². The molecular formula is C15H18Cl2F3N. The van der Waals surface area contributed by atoms with Gasteiger partial charge in [-0.2, -0.15) is 13.2 Å². The second-order valence-corrected chi connectivity index (χ2v) is 6.60. The fourth-order valence-electron chi connectivity index (χ4n) is 2.98. The lowest BCUT2D eigenvalue weighted by Crippen LogP contribution is -2.37. The number of halogens is 5. The van der Waals surface area contributed by atoms with Crippen LogP contribution >= 0.6 is 23.2 Å². The Morgan fingerprint density at radius 1 is 1.14 bits per heavy atom. The van der Waals surface area contributed by atoms with E-state index in [2.05, 4.69) is 0 Å². The highest BCUT2D eigenvalue weighted by Crippen LogP contribution is 2.40. The third-order valence-corrected chi connectivity index (χ3v) is 4.90. The minimum Gasteiger partial charge on any atom is -0.327 e. The molecule has 118 valence electrons. The zero-order chi connectivity index (χ0) is 15.6. The number of benzene rings is 1. The topological polar surface area (TPSA) is 26.0 Å². The molecular weight excluding hydrogens is 322 g/mol. The van der Waals surface area contributed by atoms with E-state index in [0.29, 0.717) is 29.3 Å². The highest BCUT2D eigenvalue weighted by Gasteiger charge is 2.42. The summed E-state index contributed by atoms with van der Waals surface area (Å²) in [7, 11) is 0. The highest BCUT2D eigenvalue weighted by molar-refractivity contribution is 6.35. The normalized spacial score (nSPS) is 24.9. The van der Waals surface area contributed by atoms with Crippen LogP contribution in [-0.2, 0) is 6.42 Å². The third-order valence-electron chi connectivity index (χ3n) is 4.31. The lowest BCUT2D eigenvalue weighted by Gasteiger charge is -2.33. The van der Waals surface area contributed by atoms with Gasteiger partial charge >= 0.3 is 6.18 Å². The van der Waals surface area contributed by atoms with Crippen molar-refractivity contribution in [2.45, 2.75) is 44.3 Å². The predicted molar refractivity (Wildman–Crippen MR) is 79.6 cm³/mol. The Morgan fingerprint density at radius 2 is 1.76 bits per heavy atom. The van der Waals surface area contributed by atoms with E-state index in [1.807, 2.05) is 6.07 Å². The number of rotatable bonds is 3. The van der Waals surface area contributed by atoms with Gasteiger partial charge in [-0.3, -0.25) is 0 Å². The molecule has 1 atom stereocenters. The van der Waals surface area contributed by atoms with Gasteiger partial charge in [0.25, 0.3) is 0 Å². The van der Waals surface area contributed by atoms with Gasteiger partial charge in [0.1, 0.15) is 0 Å². The molecule has 1 fully saturated rings. The first-order chi connectivity index (χ1) is 9.77. The molecule has 0 bridgehead atoms. The van der Waals surface area contributed by atoms with Gasteiger partial charge in [0.05, 0.1) is 5.92 Å². The summed E-state index contributed by atoms with van der Waals surface area (Å²) < 4.78 is 37.9. The molecule has 0 heterocycles. The molecule has 21 heavy (non-hydrogen) atoms. The van der Waals surface area contributed by atoms with Crippen molar-refractivity contribution in [3.8, 4) is 0 Å². The molecule has 0 aliphatic heterocycles. The van der Waals surface area contributed by atoms with Crippen molar-refractivity contribution in [2.75, 3.05) is 0 Å². The van der Waals surface area contributed by atoms with Gasteiger partial charge in [-0.1, -0.05) is 29.3 Å². The number of hydrogen-bond donors (Lipinski definition) is 1. The smallest absolute Gasteiger partial charge is 0.327 e. The standard InChI is InChI=1S/C15H18Cl2F3N/c16-12-6-3-10(13(17)8-12)7-14(21)9-1-4-11(5-2-9)15(18,19)20/h3,6,8-9,11,14H,1-2,4-5,7,21H2. The Bertz CT molecular complexity index is 482. The summed E-state index contributed by atoms with van der Waals surface area (Å²) in [5.74, 6) is -1.05. The van der Waals surface area contributed by atoms with E-state index in [0.717, 1.165) is 5.56 Å². The van der Waals surface area contributed by atoms with E-state index < -0.39 is 12.1 Å². The largest absolute Gasteiger partial charge is 0.391 e. The number of alkyl halides is 3. The molecule has 1 aliphatic carbocycles. The molecule has 0 amide bonds. The maximum atomic E-state index is 12.6. The van der Waals surface area contributed by atoms with Crippen LogP contribution < -0.4 is 5.73 Å². The number of hydrogen-bond acceptors (Lipinski definition) is 1. The maximum Gasteiger partial charge on any atom is 0.391 e. The van der Waals surface area contributed by atoms with Crippen LogP contribution in [0.15, 0.2) is 18.2 Å². The summed E-state index contributed by atoms with van der Waals surface area (Å²) in [4.78, 5) is 0. The van der Waals surface area contributed by atoms with Crippen molar-refractivity contribution in [1.29, 1.82) is 0 Å². The van der Waals surface area contributed by atoms with Crippen LogP contribution in [0, 0.1) is 11.8 Å². The van der Waals surface area contributed by atoms with Crippen LogP contribution in [0.4, 0.5) is 13.2 Å². The lowest BCUT2D eigenvalue weighted by molar-refractivity contribution is -0.184. The molecule has 2 N–H and O–H groups in total. The first-order valence-corrected chi connectivity index (χ1v) is 7.79. The van der Waals surface area contributed by atoms with Crippen LogP contribution in [0.5, 0.6) is 0 Å². The summed E-state index contributed by atoms with van der Waals surface area (Å²) in [5, 5.41) is 1.12. The summed E-state index contributed by atoms with van der Waals surface area (Å²) in [6.07, 6.45) is -2.11. The molecule has 1 aromatic rings. The molecule has 0 radical (unpaired) electrons. The van der Waals surface area contributed by atoms with Crippen molar-refractivity contribution in [3.63, 3.8) is 0 Å². The summed E-state index contributed by atoms with van der Waals surface area (Å²) in [6.45, 7) is 0. The van der Waals surface area contributed by atoms with Gasteiger partial charge < -0.3 is 5.73 Å². The Labute approximate surface area is 132 Å². The molecule has 1 aliphatic rings. The Morgan fingerprint density at radius 3 is 2.29 bits per heavy atom. The minimum atomic E-state index is -4.07. The summed E-state index contributed by atoms with van der Waals surface area (Å²) in [5.41, 5.74) is 7.06. The summed E-state index contributed by atoms with van der Waals surface area (Å²) >= 11 is 11.9. The molecule has 2 rings (SSSR count). The third kappa shape index (κ3) is 4.51. The van der Waals surface area contributed by atoms with Crippen LogP contribution in [0.1, 0.15) is 31.2 Å².